The summed E-state index contributed by atoms with van der Waals surface area (Å²) in [5.41, 5.74) is 3.65. The van der Waals surface area contributed by atoms with Crippen LogP contribution in [0.4, 0.5) is 0 Å². The van der Waals surface area contributed by atoms with Gasteiger partial charge in [0.25, 0.3) is 5.91 Å². The van der Waals surface area contributed by atoms with Gasteiger partial charge in [-0.3, -0.25) is 4.79 Å². The lowest BCUT2D eigenvalue weighted by atomic mass is 9.91. The van der Waals surface area contributed by atoms with Crippen LogP contribution in [0.15, 0.2) is 42.5 Å². The topological polar surface area (TPSA) is 47.6 Å². The summed E-state index contributed by atoms with van der Waals surface area (Å²) >= 11 is 0. The number of nitrogens with one attached hydrogen (secondary N) is 1. The molecule has 1 aliphatic carbocycles. The molecule has 0 fully saturated rings. The third-order valence-corrected chi connectivity index (χ3v) is 5.00. The quantitative estimate of drug-likeness (QED) is 0.846. The third kappa shape index (κ3) is 4.18. The Hall–Kier alpha value is -2.49. The van der Waals surface area contributed by atoms with Gasteiger partial charge in [0, 0.05) is 0 Å². The highest BCUT2D eigenvalue weighted by atomic mass is 16.5. The normalized spacial score (nSPS) is 15.5. The number of fused-ring (bicyclic) bond motifs is 1. The van der Waals surface area contributed by atoms with E-state index in [-0.39, 0.29) is 11.9 Å². The first-order valence-electron chi connectivity index (χ1n) is 9.30. The SMILES string of the molecule is COc1ccc([C@@H](C)NC(=O)[C@H](C)Oc2cccc3c2CCCC3)cc1. The van der Waals surface area contributed by atoms with E-state index in [9.17, 15) is 4.79 Å². The fourth-order valence-electron chi connectivity index (χ4n) is 3.41. The average molecular weight is 353 g/mol. The number of hydrogen-bond donors (Lipinski definition) is 1. The lowest BCUT2D eigenvalue weighted by Gasteiger charge is -2.23. The van der Waals surface area contributed by atoms with Crippen molar-refractivity contribution in [2.24, 2.45) is 0 Å². The van der Waals surface area contributed by atoms with Crippen LogP contribution in [0, 0.1) is 0 Å². The third-order valence-electron chi connectivity index (χ3n) is 5.00. The van der Waals surface area contributed by atoms with E-state index < -0.39 is 6.10 Å². The molecule has 0 unspecified atom stereocenters. The summed E-state index contributed by atoms with van der Waals surface area (Å²) < 4.78 is 11.2. The Bertz CT molecular complexity index is 754. The fraction of sp³-hybridized carbons (Fsp3) is 0.409. The van der Waals surface area contributed by atoms with Gasteiger partial charge >= 0.3 is 0 Å². The van der Waals surface area contributed by atoms with E-state index in [0.29, 0.717) is 0 Å². The van der Waals surface area contributed by atoms with Crippen LogP contribution in [0.25, 0.3) is 0 Å². The maximum atomic E-state index is 12.6. The van der Waals surface area contributed by atoms with Gasteiger partial charge in [-0.05, 0) is 74.4 Å². The molecule has 1 N–H and O–H groups in total. The average Bonchev–Trinajstić information content (AvgIpc) is 2.68. The van der Waals surface area contributed by atoms with Gasteiger partial charge in [-0.25, -0.2) is 0 Å². The van der Waals surface area contributed by atoms with Crippen molar-refractivity contribution in [3.05, 3.63) is 59.2 Å². The molecule has 0 radical (unpaired) electrons. The molecule has 0 bridgehead atoms. The summed E-state index contributed by atoms with van der Waals surface area (Å²) in [7, 11) is 1.64. The Kier molecular flexibility index (Phi) is 5.82. The molecule has 1 amide bonds. The lowest BCUT2D eigenvalue weighted by molar-refractivity contribution is -0.127. The zero-order chi connectivity index (χ0) is 18.5. The molecule has 2 atom stereocenters. The number of carbonyl (C=O) groups excluding carboxylic acids is 1. The summed E-state index contributed by atoms with van der Waals surface area (Å²) in [6.07, 6.45) is 4.00. The second-order valence-electron chi connectivity index (χ2n) is 6.86. The molecular weight excluding hydrogens is 326 g/mol. The number of aryl methyl sites for hydroxylation is 1. The molecule has 0 aliphatic heterocycles. The number of amides is 1. The first-order chi connectivity index (χ1) is 12.6. The van der Waals surface area contributed by atoms with Crippen LogP contribution in [0.5, 0.6) is 11.5 Å². The maximum Gasteiger partial charge on any atom is 0.261 e. The van der Waals surface area contributed by atoms with Gasteiger partial charge in [-0.15, -0.1) is 0 Å². The van der Waals surface area contributed by atoms with E-state index in [4.69, 9.17) is 9.47 Å². The van der Waals surface area contributed by atoms with E-state index in [1.54, 1.807) is 14.0 Å². The number of carbonyl (C=O) groups is 1. The van der Waals surface area contributed by atoms with Crippen LogP contribution < -0.4 is 14.8 Å². The van der Waals surface area contributed by atoms with Crippen molar-refractivity contribution < 1.29 is 14.3 Å². The van der Waals surface area contributed by atoms with Crippen LogP contribution in [0.3, 0.4) is 0 Å². The lowest BCUT2D eigenvalue weighted by Crippen LogP contribution is -2.38. The molecule has 0 aromatic heterocycles. The van der Waals surface area contributed by atoms with Crippen LogP contribution in [0.2, 0.25) is 0 Å². The Labute approximate surface area is 155 Å². The molecule has 0 saturated heterocycles. The molecule has 138 valence electrons. The van der Waals surface area contributed by atoms with Crippen LogP contribution in [0.1, 0.15) is 49.4 Å². The molecular formula is C22H27NO3. The van der Waals surface area contributed by atoms with Crippen molar-refractivity contribution >= 4 is 5.91 Å². The highest BCUT2D eigenvalue weighted by Crippen LogP contribution is 2.30. The van der Waals surface area contributed by atoms with Crippen molar-refractivity contribution in [3.8, 4) is 11.5 Å². The predicted octanol–water partition coefficient (Wildman–Crippen LogP) is 4.22. The minimum atomic E-state index is -0.538. The number of hydrogen-bond acceptors (Lipinski definition) is 3. The highest BCUT2D eigenvalue weighted by molar-refractivity contribution is 5.81. The molecule has 1 aliphatic rings. The van der Waals surface area contributed by atoms with E-state index in [2.05, 4.69) is 11.4 Å². The zero-order valence-corrected chi connectivity index (χ0v) is 15.7. The van der Waals surface area contributed by atoms with Crippen LogP contribution in [-0.4, -0.2) is 19.1 Å². The predicted molar refractivity (Wildman–Crippen MR) is 103 cm³/mol. The summed E-state index contributed by atoms with van der Waals surface area (Å²) in [6, 6.07) is 13.8. The molecule has 0 spiro atoms. The number of methoxy groups -OCH3 is 1. The van der Waals surface area contributed by atoms with E-state index in [1.165, 1.54) is 24.0 Å². The van der Waals surface area contributed by atoms with E-state index >= 15 is 0 Å². The molecule has 4 nitrogen and oxygen atoms in total. The van der Waals surface area contributed by atoms with Crippen molar-refractivity contribution in [1.29, 1.82) is 0 Å². The minimum absolute atomic E-state index is 0.0934. The number of benzene rings is 2. The smallest absolute Gasteiger partial charge is 0.261 e. The first-order valence-corrected chi connectivity index (χ1v) is 9.30. The monoisotopic (exact) mass is 353 g/mol. The van der Waals surface area contributed by atoms with Crippen molar-refractivity contribution in [2.75, 3.05) is 7.11 Å². The molecule has 26 heavy (non-hydrogen) atoms. The maximum absolute atomic E-state index is 12.6. The second kappa shape index (κ2) is 8.26. The fourth-order valence-corrected chi connectivity index (χ4v) is 3.41. The first kappa shape index (κ1) is 18.3. The van der Waals surface area contributed by atoms with Gasteiger partial charge in [0.1, 0.15) is 11.5 Å². The minimum Gasteiger partial charge on any atom is -0.497 e. The van der Waals surface area contributed by atoms with E-state index in [1.807, 2.05) is 43.3 Å². The van der Waals surface area contributed by atoms with Gasteiger partial charge in [0.05, 0.1) is 13.2 Å². The summed E-state index contributed by atoms with van der Waals surface area (Å²) in [5.74, 6) is 1.54. The summed E-state index contributed by atoms with van der Waals surface area (Å²) in [6.45, 7) is 3.77. The van der Waals surface area contributed by atoms with Crippen LogP contribution in [-0.2, 0) is 17.6 Å². The largest absolute Gasteiger partial charge is 0.497 e. The molecule has 4 heteroatoms. The van der Waals surface area contributed by atoms with Gasteiger partial charge in [-0.2, -0.15) is 0 Å². The summed E-state index contributed by atoms with van der Waals surface area (Å²) in [5, 5.41) is 3.03. The van der Waals surface area contributed by atoms with E-state index in [0.717, 1.165) is 29.9 Å². The van der Waals surface area contributed by atoms with Gasteiger partial charge < -0.3 is 14.8 Å². The Morgan fingerprint density at radius 2 is 1.77 bits per heavy atom. The molecule has 0 saturated carbocycles. The van der Waals surface area contributed by atoms with Gasteiger partial charge in [0.2, 0.25) is 0 Å². The summed E-state index contributed by atoms with van der Waals surface area (Å²) in [4.78, 5) is 12.6. The molecule has 2 aromatic carbocycles. The Balaban J connectivity index is 1.62. The Morgan fingerprint density at radius 3 is 2.50 bits per heavy atom. The molecule has 2 aromatic rings. The van der Waals surface area contributed by atoms with Gasteiger partial charge in [0.15, 0.2) is 6.10 Å². The zero-order valence-electron chi connectivity index (χ0n) is 15.7. The van der Waals surface area contributed by atoms with Crippen molar-refractivity contribution in [2.45, 2.75) is 51.7 Å². The number of rotatable bonds is 6. The van der Waals surface area contributed by atoms with Gasteiger partial charge in [-0.1, -0.05) is 24.3 Å². The molecule has 3 rings (SSSR count). The van der Waals surface area contributed by atoms with Crippen molar-refractivity contribution in [1.82, 2.24) is 5.32 Å². The van der Waals surface area contributed by atoms with Crippen molar-refractivity contribution in [3.63, 3.8) is 0 Å². The van der Waals surface area contributed by atoms with Crippen LogP contribution >= 0.6 is 0 Å². The highest BCUT2D eigenvalue weighted by Gasteiger charge is 2.21. The number of ether oxygens (including phenoxy) is 2. The second-order valence-corrected chi connectivity index (χ2v) is 6.86. The molecule has 0 heterocycles. The Morgan fingerprint density at radius 1 is 1.04 bits per heavy atom. The standard InChI is InChI=1S/C22H27NO3/c1-15(17-11-13-19(25-3)14-12-17)23-22(24)16(2)26-21-10-6-8-18-7-4-5-9-20(18)21/h6,8,10-16H,4-5,7,9H2,1-3H3,(H,23,24)/t15-,16+/m1/s1.